The van der Waals surface area contributed by atoms with Gasteiger partial charge in [0.1, 0.15) is 12.7 Å². The summed E-state index contributed by atoms with van der Waals surface area (Å²) in [6.45, 7) is 0.993. The van der Waals surface area contributed by atoms with E-state index in [0.717, 1.165) is 24.0 Å². The lowest BCUT2D eigenvalue weighted by molar-refractivity contribution is -0.208. The van der Waals surface area contributed by atoms with Crippen LogP contribution in [0.2, 0.25) is 0 Å². The molecule has 5 rings (SSSR count). The van der Waals surface area contributed by atoms with Gasteiger partial charge in [-0.1, -0.05) is 43.5 Å². The largest absolute Gasteiger partial charge is 0.489 e. The number of rotatable bonds is 1. The summed E-state index contributed by atoms with van der Waals surface area (Å²) in [5, 5.41) is 0. The van der Waals surface area contributed by atoms with Crippen molar-refractivity contribution in [1.82, 2.24) is 0 Å². The molecule has 23 heavy (non-hydrogen) atoms. The summed E-state index contributed by atoms with van der Waals surface area (Å²) < 4.78 is 18.4. The van der Waals surface area contributed by atoms with Gasteiger partial charge < -0.3 is 14.2 Å². The van der Waals surface area contributed by atoms with E-state index in [1.165, 1.54) is 19.3 Å². The molecule has 0 aromatic heterocycles. The Hall–Kier alpha value is -1.65. The zero-order valence-electron chi connectivity index (χ0n) is 13.0. The minimum atomic E-state index is -0.986. The molecule has 2 saturated heterocycles. The molecule has 0 amide bonds. The van der Waals surface area contributed by atoms with Gasteiger partial charge in [0.2, 0.25) is 0 Å². The van der Waals surface area contributed by atoms with Gasteiger partial charge in [0.25, 0.3) is 5.79 Å². The monoisotopic (exact) mass is 312 g/mol. The first-order valence-electron chi connectivity index (χ1n) is 8.63. The van der Waals surface area contributed by atoms with Crippen LogP contribution < -0.4 is 0 Å². The molecular weight excluding hydrogens is 292 g/mol. The molecule has 120 valence electrons. The van der Waals surface area contributed by atoms with Crippen molar-refractivity contribution in [3.05, 3.63) is 46.7 Å². The second kappa shape index (κ2) is 4.92. The Labute approximate surface area is 135 Å². The van der Waals surface area contributed by atoms with Crippen LogP contribution in [-0.4, -0.2) is 25.1 Å². The standard InChI is InChI=1S/C19H20O4/c20-17-14-8-4-5-9-15(14)19-18(21-10-13(23-19)11-22-19)16(17)12-6-2-1-3-7-12/h4-5,8-9,12-13H,1-3,6-7,10-11H2/t13-,19-/m0/s1. The van der Waals surface area contributed by atoms with E-state index < -0.39 is 5.79 Å². The van der Waals surface area contributed by atoms with Crippen LogP contribution in [0.1, 0.15) is 48.0 Å². The molecule has 1 aromatic carbocycles. The van der Waals surface area contributed by atoms with Gasteiger partial charge in [-0.2, -0.15) is 0 Å². The van der Waals surface area contributed by atoms with Crippen LogP contribution in [0.3, 0.4) is 0 Å². The average molecular weight is 312 g/mol. The highest BCUT2D eigenvalue weighted by molar-refractivity contribution is 6.12. The van der Waals surface area contributed by atoms with Gasteiger partial charge in [-0.3, -0.25) is 4.79 Å². The van der Waals surface area contributed by atoms with E-state index in [2.05, 4.69) is 0 Å². The van der Waals surface area contributed by atoms with Crippen LogP contribution in [0.4, 0.5) is 0 Å². The Morgan fingerprint density at radius 3 is 2.74 bits per heavy atom. The fourth-order valence-corrected chi connectivity index (χ4v) is 4.48. The molecule has 2 bridgehead atoms. The Bertz CT molecular complexity index is 701. The number of carbonyl (C=O) groups excluding carboxylic acids is 1. The summed E-state index contributed by atoms with van der Waals surface area (Å²) in [5.41, 5.74) is 2.33. The number of benzene rings is 1. The minimum Gasteiger partial charge on any atom is -0.489 e. The lowest BCUT2D eigenvalue weighted by Crippen LogP contribution is -2.44. The van der Waals surface area contributed by atoms with Crippen LogP contribution in [0, 0.1) is 5.92 Å². The van der Waals surface area contributed by atoms with E-state index >= 15 is 0 Å². The molecule has 1 saturated carbocycles. The Kier molecular flexibility index (Phi) is 2.94. The van der Waals surface area contributed by atoms with Crippen molar-refractivity contribution in [3.63, 3.8) is 0 Å². The van der Waals surface area contributed by atoms with Crippen molar-refractivity contribution in [3.8, 4) is 0 Å². The van der Waals surface area contributed by atoms with Crippen molar-refractivity contribution in [1.29, 1.82) is 0 Å². The third-order valence-electron chi connectivity index (χ3n) is 5.55. The fourth-order valence-electron chi connectivity index (χ4n) is 4.48. The van der Waals surface area contributed by atoms with E-state index in [1.807, 2.05) is 24.3 Å². The van der Waals surface area contributed by atoms with Crippen LogP contribution in [0.25, 0.3) is 0 Å². The van der Waals surface area contributed by atoms with E-state index in [1.54, 1.807) is 0 Å². The molecule has 0 radical (unpaired) electrons. The molecule has 0 N–H and O–H groups in total. The van der Waals surface area contributed by atoms with Gasteiger partial charge >= 0.3 is 0 Å². The summed E-state index contributed by atoms with van der Waals surface area (Å²) >= 11 is 0. The average Bonchev–Trinajstić information content (AvgIpc) is 2.95. The molecule has 4 heteroatoms. The van der Waals surface area contributed by atoms with Crippen molar-refractivity contribution in [2.45, 2.75) is 44.0 Å². The summed E-state index contributed by atoms with van der Waals surface area (Å²) in [6.07, 6.45) is 5.66. The lowest BCUT2D eigenvalue weighted by Gasteiger charge is -2.41. The molecule has 3 fully saturated rings. The number of carbonyl (C=O) groups is 1. The van der Waals surface area contributed by atoms with Crippen LogP contribution in [0.15, 0.2) is 35.6 Å². The first-order chi connectivity index (χ1) is 11.3. The minimum absolute atomic E-state index is 0.0485. The van der Waals surface area contributed by atoms with E-state index in [-0.39, 0.29) is 17.8 Å². The zero-order chi connectivity index (χ0) is 15.4. The van der Waals surface area contributed by atoms with E-state index in [4.69, 9.17) is 14.2 Å². The number of ketones is 1. The Balaban J connectivity index is 1.72. The van der Waals surface area contributed by atoms with Crippen LogP contribution in [-0.2, 0) is 20.0 Å². The second-order valence-corrected chi connectivity index (χ2v) is 6.93. The van der Waals surface area contributed by atoms with E-state index in [9.17, 15) is 4.79 Å². The molecule has 2 atom stereocenters. The van der Waals surface area contributed by atoms with Gasteiger partial charge in [0, 0.05) is 16.7 Å². The first kappa shape index (κ1) is 13.8. The fraction of sp³-hybridized carbons (Fsp3) is 0.526. The smallest absolute Gasteiger partial charge is 0.257 e. The van der Waals surface area contributed by atoms with Crippen LogP contribution >= 0.6 is 0 Å². The predicted molar refractivity (Wildman–Crippen MR) is 82.8 cm³/mol. The van der Waals surface area contributed by atoms with Gasteiger partial charge in [-0.25, -0.2) is 0 Å². The number of hydrogen-bond acceptors (Lipinski definition) is 4. The highest BCUT2D eigenvalue weighted by Crippen LogP contribution is 2.52. The van der Waals surface area contributed by atoms with Crippen molar-refractivity contribution >= 4 is 5.78 Å². The molecule has 2 heterocycles. The summed E-state index contributed by atoms with van der Waals surface area (Å²) in [5.74, 6) is 0.0218. The van der Waals surface area contributed by atoms with Gasteiger partial charge in [0.05, 0.1) is 6.61 Å². The topological polar surface area (TPSA) is 44.8 Å². The highest BCUT2D eigenvalue weighted by atomic mass is 16.8. The number of allylic oxidation sites excluding steroid dienone is 1. The summed E-state index contributed by atoms with van der Waals surface area (Å²) in [6, 6.07) is 7.66. The molecule has 2 aliphatic carbocycles. The maximum atomic E-state index is 13.2. The summed E-state index contributed by atoms with van der Waals surface area (Å²) in [4.78, 5) is 13.2. The van der Waals surface area contributed by atoms with Gasteiger partial charge in [0.15, 0.2) is 11.5 Å². The molecule has 2 aliphatic heterocycles. The normalized spacial score (nSPS) is 33.2. The molecule has 0 unspecified atom stereocenters. The lowest BCUT2D eigenvalue weighted by atomic mass is 9.74. The van der Waals surface area contributed by atoms with Crippen molar-refractivity contribution < 1.29 is 19.0 Å². The first-order valence-corrected chi connectivity index (χ1v) is 8.63. The third-order valence-corrected chi connectivity index (χ3v) is 5.55. The number of ether oxygens (including phenoxy) is 3. The Morgan fingerprint density at radius 2 is 1.87 bits per heavy atom. The van der Waals surface area contributed by atoms with Crippen molar-refractivity contribution in [2.24, 2.45) is 5.92 Å². The molecular formula is C19H20O4. The quantitative estimate of drug-likeness (QED) is 0.798. The maximum Gasteiger partial charge on any atom is 0.257 e. The SMILES string of the molecule is O=C1C(C2CCCCC2)=C2OC[C@H]3CO[C@]2(O3)c2ccccc21. The highest BCUT2D eigenvalue weighted by Gasteiger charge is 2.57. The van der Waals surface area contributed by atoms with Crippen molar-refractivity contribution in [2.75, 3.05) is 13.2 Å². The zero-order valence-corrected chi connectivity index (χ0v) is 13.0. The number of Topliss-reactive ketones (excluding diaryl/α,β-unsaturated/α-hetero) is 1. The predicted octanol–water partition coefficient (Wildman–Crippen LogP) is 3.32. The summed E-state index contributed by atoms with van der Waals surface area (Å²) in [7, 11) is 0. The number of hydrogen-bond donors (Lipinski definition) is 0. The molecule has 4 aliphatic rings. The third kappa shape index (κ3) is 1.82. The Morgan fingerprint density at radius 1 is 1.04 bits per heavy atom. The van der Waals surface area contributed by atoms with E-state index in [0.29, 0.717) is 24.5 Å². The second-order valence-electron chi connectivity index (χ2n) is 6.93. The molecule has 1 aromatic rings. The number of fused-ring (bicyclic) bond motifs is 2. The molecule has 1 spiro atoms. The van der Waals surface area contributed by atoms with Gasteiger partial charge in [-0.15, -0.1) is 0 Å². The van der Waals surface area contributed by atoms with Crippen LogP contribution in [0.5, 0.6) is 0 Å². The van der Waals surface area contributed by atoms with Gasteiger partial charge in [-0.05, 0) is 18.8 Å². The molecule has 4 nitrogen and oxygen atoms in total. The maximum absolute atomic E-state index is 13.2.